The molecule has 0 saturated heterocycles. The maximum absolute atomic E-state index is 10.8. The molecule has 0 aromatic heterocycles. The predicted octanol–water partition coefficient (Wildman–Crippen LogP) is 3.40. The summed E-state index contributed by atoms with van der Waals surface area (Å²) in [7, 11) is 0. The molecule has 0 bridgehead atoms. The number of ether oxygens (including phenoxy) is 2. The van der Waals surface area contributed by atoms with E-state index in [4.69, 9.17) is 9.47 Å². The zero-order valence-electron chi connectivity index (χ0n) is 10.9. The molecule has 0 fully saturated rings. The van der Waals surface area contributed by atoms with Gasteiger partial charge in [-0.2, -0.15) is 0 Å². The number of hydrogen-bond donors (Lipinski definition) is 0. The van der Waals surface area contributed by atoms with Gasteiger partial charge in [0, 0.05) is 19.3 Å². The SMILES string of the molecule is CC(=O)OC(C)OC1=C(C)CCCC1(C)C. The first-order valence-corrected chi connectivity index (χ1v) is 5.87. The molecule has 3 heteroatoms. The maximum Gasteiger partial charge on any atom is 0.305 e. The molecule has 92 valence electrons. The Labute approximate surface area is 97.8 Å². The van der Waals surface area contributed by atoms with Gasteiger partial charge in [-0.1, -0.05) is 13.8 Å². The van der Waals surface area contributed by atoms with Crippen molar-refractivity contribution in [2.45, 2.75) is 60.2 Å². The molecular formula is C13H22O3. The van der Waals surface area contributed by atoms with Crippen molar-refractivity contribution in [3.8, 4) is 0 Å². The fourth-order valence-corrected chi connectivity index (χ4v) is 2.28. The minimum Gasteiger partial charge on any atom is -0.459 e. The van der Waals surface area contributed by atoms with Gasteiger partial charge < -0.3 is 9.47 Å². The van der Waals surface area contributed by atoms with Crippen molar-refractivity contribution in [3.05, 3.63) is 11.3 Å². The zero-order valence-corrected chi connectivity index (χ0v) is 10.9. The quantitative estimate of drug-likeness (QED) is 0.546. The van der Waals surface area contributed by atoms with Gasteiger partial charge in [-0.25, -0.2) is 0 Å². The summed E-state index contributed by atoms with van der Waals surface area (Å²) in [5.74, 6) is 0.687. The third kappa shape index (κ3) is 3.26. The lowest BCUT2D eigenvalue weighted by Crippen LogP contribution is -2.27. The van der Waals surface area contributed by atoms with Crippen molar-refractivity contribution in [1.82, 2.24) is 0 Å². The average Bonchev–Trinajstić information content (AvgIpc) is 2.10. The maximum atomic E-state index is 10.8. The van der Waals surface area contributed by atoms with E-state index in [-0.39, 0.29) is 11.4 Å². The number of carbonyl (C=O) groups is 1. The molecule has 1 unspecified atom stereocenters. The lowest BCUT2D eigenvalue weighted by molar-refractivity contribution is -0.168. The predicted molar refractivity (Wildman–Crippen MR) is 62.6 cm³/mol. The molecule has 0 radical (unpaired) electrons. The Hall–Kier alpha value is -0.990. The van der Waals surface area contributed by atoms with Crippen molar-refractivity contribution in [2.24, 2.45) is 5.41 Å². The Morgan fingerprint density at radius 3 is 2.56 bits per heavy atom. The van der Waals surface area contributed by atoms with Crippen molar-refractivity contribution in [1.29, 1.82) is 0 Å². The highest BCUT2D eigenvalue weighted by atomic mass is 16.7. The summed E-state index contributed by atoms with van der Waals surface area (Å²) in [5, 5.41) is 0. The standard InChI is InChI=1S/C13H22O3/c1-9-7-6-8-13(4,5)12(9)16-11(3)15-10(2)14/h11H,6-8H2,1-5H3. The van der Waals surface area contributed by atoms with Gasteiger partial charge in [-0.3, -0.25) is 4.79 Å². The second-order valence-corrected chi connectivity index (χ2v) is 5.14. The largest absolute Gasteiger partial charge is 0.459 e. The first-order valence-electron chi connectivity index (χ1n) is 5.87. The average molecular weight is 226 g/mol. The molecule has 0 heterocycles. The van der Waals surface area contributed by atoms with E-state index in [2.05, 4.69) is 20.8 Å². The second kappa shape index (κ2) is 4.89. The van der Waals surface area contributed by atoms with E-state index in [1.807, 2.05) is 0 Å². The molecule has 0 aliphatic heterocycles. The van der Waals surface area contributed by atoms with E-state index < -0.39 is 6.29 Å². The highest BCUT2D eigenvalue weighted by molar-refractivity contribution is 5.66. The van der Waals surface area contributed by atoms with Crippen LogP contribution in [0.15, 0.2) is 11.3 Å². The van der Waals surface area contributed by atoms with Crippen LogP contribution in [0.4, 0.5) is 0 Å². The molecular weight excluding hydrogens is 204 g/mol. The Morgan fingerprint density at radius 1 is 1.44 bits per heavy atom. The van der Waals surface area contributed by atoms with E-state index in [1.165, 1.54) is 18.9 Å². The van der Waals surface area contributed by atoms with Gasteiger partial charge >= 0.3 is 5.97 Å². The normalized spacial score (nSPS) is 21.6. The third-order valence-electron chi connectivity index (χ3n) is 2.97. The summed E-state index contributed by atoms with van der Waals surface area (Å²) in [4.78, 5) is 10.8. The molecule has 0 amide bonds. The summed E-state index contributed by atoms with van der Waals surface area (Å²) in [5.41, 5.74) is 1.33. The molecule has 0 aromatic carbocycles. The van der Waals surface area contributed by atoms with Crippen molar-refractivity contribution >= 4 is 5.97 Å². The topological polar surface area (TPSA) is 35.5 Å². The Balaban J connectivity index is 2.73. The van der Waals surface area contributed by atoms with E-state index in [0.717, 1.165) is 18.6 Å². The summed E-state index contributed by atoms with van der Waals surface area (Å²) in [6.45, 7) is 9.59. The monoisotopic (exact) mass is 226 g/mol. The third-order valence-corrected chi connectivity index (χ3v) is 2.97. The van der Waals surface area contributed by atoms with Crippen LogP contribution in [0.2, 0.25) is 0 Å². The van der Waals surface area contributed by atoms with Crippen LogP contribution in [0, 0.1) is 5.41 Å². The minimum atomic E-state index is -0.500. The fraction of sp³-hybridized carbons (Fsp3) is 0.769. The number of carbonyl (C=O) groups excluding carboxylic acids is 1. The van der Waals surface area contributed by atoms with E-state index in [9.17, 15) is 4.79 Å². The summed E-state index contributed by atoms with van der Waals surface area (Å²) >= 11 is 0. The smallest absolute Gasteiger partial charge is 0.305 e. The van der Waals surface area contributed by atoms with Crippen LogP contribution in [0.1, 0.15) is 53.9 Å². The van der Waals surface area contributed by atoms with Gasteiger partial charge in [0.05, 0.1) is 0 Å². The van der Waals surface area contributed by atoms with Crippen LogP contribution in [0.25, 0.3) is 0 Å². The molecule has 0 spiro atoms. The Morgan fingerprint density at radius 2 is 2.06 bits per heavy atom. The fourth-order valence-electron chi connectivity index (χ4n) is 2.28. The highest BCUT2D eigenvalue weighted by Crippen LogP contribution is 2.41. The molecule has 3 nitrogen and oxygen atoms in total. The van der Waals surface area contributed by atoms with Crippen LogP contribution in [-0.2, 0) is 14.3 Å². The molecule has 0 N–H and O–H groups in total. The first kappa shape index (κ1) is 13.1. The van der Waals surface area contributed by atoms with Crippen molar-refractivity contribution in [2.75, 3.05) is 0 Å². The molecule has 1 rings (SSSR count). The van der Waals surface area contributed by atoms with Gasteiger partial charge in [-0.05, 0) is 31.8 Å². The number of allylic oxidation sites excluding steroid dienone is 2. The zero-order chi connectivity index (χ0) is 12.3. The van der Waals surface area contributed by atoms with Gasteiger partial charge in [-0.15, -0.1) is 0 Å². The van der Waals surface area contributed by atoms with E-state index >= 15 is 0 Å². The van der Waals surface area contributed by atoms with Gasteiger partial charge in [0.2, 0.25) is 6.29 Å². The molecule has 16 heavy (non-hydrogen) atoms. The second-order valence-electron chi connectivity index (χ2n) is 5.14. The lowest BCUT2D eigenvalue weighted by atomic mass is 9.78. The number of esters is 1. The first-order chi connectivity index (χ1) is 7.33. The lowest BCUT2D eigenvalue weighted by Gasteiger charge is -2.35. The summed E-state index contributed by atoms with van der Waals surface area (Å²) in [6, 6.07) is 0. The molecule has 0 aromatic rings. The molecule has 0 saturated carbocycles. The number of hydrogen-bond acceptors (Lipinski definition) is 3. The van der Waals surface area contributed by atoms with Crippen LogP contribution in [-0.4, -0.2) is 12.3 Å². The van der Waals surface area contributed by atoms with E-state index in [1.54, 1.807) is 6.92 Å². The Kier molecular flexibility index (Phi) is 4.00. The van der Waals surface area contributed by atoms with Crippen LogP contribution in [0.5, 0.6) is 0 Å². The number of rotatable bonds is 3. The van der Waals surface area contributed by atoms with Crippen molar-refractivity contribution in [3.63, 3.8) is 0 Å². The van der Waals surface area contributed by atoms with Crippen LogP contribution >= 0.6 is 0 Å². The van der Waals surface area contributed by atoms with Crippen LogP contribution in [0.3, 0.4) is 0 Å². The Bertz CT molecular complexity index is 302. The molecule has 1 aliphatic rings. The van der Waals surface area contributed by atoms with Crippen molar-refractivity contribution < 1.29 is 14.3 Å². The summed E-state index contributed by atoms with van der Waals surface area (Å²) < 4.78 is 10.8. The summed E-state index contributed by atoms with van der Waals surface area (Å²) in [6.07, 6.45) is 2.89. The molecule has 1 atom stereocenters. The van der Waals surface area contributed by atoms with Gasteiger partial charge in [0.15, 0.2) is 0 Å². The minimum absolute atomic E-state index is 0.0523. The van der Waals surface area contributed by atoms with Gasteiger partial charge in [0.25, 0.3) is 0 Å². The van der Waals surface area contributed by atoms with Gasteiger partial charge in [0.1, 0.15) is 5.76 Å². The molecule has 1 aliphatic carbocycles. The van der Waals surface area contributed by atoms with E-state index in [0.29, 0.717) is 0 Å². The highest BCUT2D eigenvalue weighted by Gasteiger charge is 2.31. The van der Waals surface area contributed by atoms with Crippen LogP contribution < -0.4 is 0 Å².